The van der Waals surface area contributed by atoms with Gasteiger partial charge in [-0.15, -0.1) is 0 Å². The van der Waals surface area contributed by atoms with Crippen molar-refractivity contribution < 1.29 is 33.3 Å². The summed E-state index contributed by atoms with van der Waals surface area (Å²) < 4.78 is 28.6. The number of phenolic OH excluding ortho intramolecular Hbond substituents is 1. The molecule has 0 aliphatic carbocycles. The third kappa shape index (κ3) is 3.45. The molecule has 1 aromatic heterocycles. The van der Waals surface area contributed by atoms with E-state index in [4.69, 9.17) is 23.4 Å². The Hall–Kier alpha value is -4.46. The molecule has 8 heteroatoms. The molecular weight excluding hydrogens is 452 g/mol. The highest BCUT2D eigenvalue weighted by Gasteiger charge is 2.34. The molecule has 176 valence electrons. The van der Waals surface area contributed by atoms with Crippen LogP contribution in [0.2, 0.25) is 0 Å². The lowest BCUT2D eigenvalue weighted by molar-refractivity contribution is -0.135. The fraction of sp³-hybridized carbons (Fsp3) is 0.185. The van der Waals surface area contributed by atoms with E-state index in [1.54, 1.807) is 31.4 Å². The Labute approximate surface area is 199 Å². The van der Waals surface area contributed by atoms with Gasteiger partial charge in [0.15, 0.2) is 11.5 Å². The van der Waals surface area contributed by atoms with Crippen molar-refractivity contribution >= 4 is 16.9 Å². The first kappa shape index (κ1) is 21.1. The van der Waals surface area contributed by atoms with Gasteiger partial charge >= 0.3 is 5.97 Å². The Kier molecular flexibility index (Phi) is 4.88. The topological polar surface area (TPSA) is 104 Å². The summed E-state index contributed by atoms with van der Waals surface area (Å²) in [4.78, 5) is 25.9. The van der Waals surface area contributed by atoms with E-state index in [0.717, 1.165) is 5.56 Å². The quantitative estimate of drug-likeness (QED) is 0.346. The van der Waals surface area contributed by atoms with Crippen molar-refractivity contribution in [2.24, 2.45) is 0 Å². The summed E-state index contributed by atoms with van der Waals surface area (Å²) in [5, 5.41) is 9.94. The maximum Gasteiger partial charge on any atom is 0.312 e. The number of phenols is 1. The number of hydrogen-bond donors (Lipinski definition) is 1. The van der Waals surface area contributed by atoms with Gasteiger partial charge in [0.1, 0.15) is 36.6 Å². The van der Waals surface area contributed by atoms with Crippen molar-refractivity contribution in [1.82, 2.24) is 0 Å². The van der Waals surface area contributed by atoms with Gasteiger partial charge in [0, 0.05) is 11.5 Å². The fourth-order valence-corrected chi connectivity index (χ4v) is 4.67. The predicted molar refractivity (Wildman–Crippen MR) is 126 cm³/mol. The summed E-state index contributed by atoms with van der Waals surface area (Å²) in [6.07, 6.45) is 1.45. The second-order valence-electron chi connectivity index (χ2n) is 8.36. The van der Waals surface area contributed by atoms with E-state index in [9.17, 15) is 14.7 Å². The first-order valence-electron chi connectivity index (χ1n) is 11.1. The van der Waals surface area contributed by atoms with Crippen molar-refractivity contribution in [3.8, 4) is 39.9 Å². The number of benzene rings is 3. The van der Waals surface area contributed by atoms with Crippen LogP contribution in [0.3, 0.4) is 0 Å². The predicted octanol–water partition coefficient (Wildman–Crippen LogP) is 4.39. The largest absolute Gasteiger partial charge is 0.508 e. The number of methoxy groups -OCH3 is 1. The van der Waals surface area contributed by atoms with E-state index >= 15 is 0 Å². The molecule has 1 unspecified atom stereocenters. The van der Waals surface area contributed by atoms with Crippen LogP contribution in [0.4, 0.5) is 0 Å². The highest BCUT2D eigenvalue weighted by atomic mass is 16.6. The molecule has 3 heterocycles. The Bertz CT molecular complexity index is 1520. The monoisotopic (exact) mass is 472 g/mol. The van der Waals surface area contributed by atoms with Gasteiger partial charge in [-0.25, -0.2) is 0 Å². The van der Waals surface area contributed by atoms with Crippen LogP contribution in [-0.4, -0.2) is 31.4 Å². The molecule has 2 aliphatic heterocycles. The Morgan fingerprint density at radius 1 is 0.971 bits per heavy atom. The molecule has 1 N–H and O–H groups in total. The number of fused-ring (bicyclic) bond motifs is 4. The minimum atomic E-state index is -0.456. The highest BCUT2D eigenvalue weighted by molar-refractivity contribution is 5.90. The number of aromatic hydroxyl groups is 1. The van der Waals surface area contributed by atoms with E-state index < -0.39 is 11.9 Å². The minimum Gasteiger partial charge on any atom is -0.508 e. The van der Waals surface area contributed by atoms with Gasteiger partial charge in [-0.3, -0.25) is 9.59 Å². The zero-order chi connectivity index (χ0) is 24.1. The second kappa shape index (κ2) is 8.09. The summed E-state index contributed by atoms with van der Waals surface area (Å²) in [6, 6.07) is 13.2. The first-order valence-corrected chi connectivity index (χ1v) is 11.1. The van der Waals surface area contributed by atoms with Crippen molar-refractivity contribution in [1.29, 1.82) is 0 Å². The summed E-state index contributed by atoms with van der Waals surface area (Å²) in [6.45, 7) is 0.821. The Balaban J connectivity index is 1.54. The molecule has 1 atom stereocenters. The summed E-state index contributed by atoms with van der Waals surface area (Å²) in [5.41, 5.74) is 2.46. The van der Waals surface area contributed by atoms with Crippen LogP contribution in [0, 0.1) is 0 Å². The molecule has 6 rings (SSSR count). The van der Waals surface area contributed by atoms with Crippen molar-refractivity contribution in [2.75, 3.05) is 20.3 Å². The van der Waals surface area contributed by atoms with E-state index in [0.29, 0.717) is 63.9 Å². The number of hydrogen-bond acceptors (Lipinski definition) is 8. The standard InChI is InChI=1S/C27H20O8/c1-31-21-10-15(11-22-27(21)33-9-8-32-22)18-12-23(29)35-20-7-6-17-25(30)19(13-34-26(17)24(18)20)14-2-4-16(28)5-3-14/h2-7,10-11,13,18,28H,8-9,12H2,1H3. The molecule has 0 bridgehead atoms. The summed E-state index contributed by atoms with van der Waals surface area (Å²) in [7, 11) is 1.54. The molecule has 8 nitrogen and oxygen atoms in total. The maximum absolute atomic E-state index is 13.4. The van der Waals surface area contributed by atoms with Crippen LogP contribution < -0.4 is 24.4 Å². The minimum absolute atomic E-state index is 0.0539. The molecular formula is C27H20O8. The number of carbonyl (C=O) groups is 1. The molecule has 2 aliphatic rings. The van der Waals surface area contributed by atoms with Gasteiger partial charge in [-0.05, 0) is 47.5 Å². The lowest BCUT2D eigenvalue weighted by Gasteiger charge is -2.27. The molecule has 0 fully saturated rings. The Morgan fingerprint density at radius 2 is 1.77 bits per heavy atom. The van der Waals surface area contributed by atoms with Crippen LogP contribution in [0.5, 0.6) is 28.7 Å². The van der Waals surface area contributed by atoms with Gasteiger partial charge < -0.3 is 28.5 Å². The van der Waals surface area contributed by atoms with Crippen LogP contribution in [0.25, 0.3) is 22.1 Å². The number of ether oxygens (including phenoxy) is 4. The molecule has 0 spiro atoms. The SMILES string of the molecule is COc1cc(C2CC(=O)Oc3ccc4c(=O)c(-c5ccc(O)cc5)coc4c32)cc2c1OCCO2. The van der Waals surface area contributed by atoms with E-state index in [1.165, 1.54) is 18.4 Å². The molecule has 4 aromatic rings. The molecule has 0 saturated heterocycles. The van der Waals surface area contributed by atoms with Crippen LogP contribution in [0.1, 0.15) is 23.5 Å². The maximum atomic E-state index is 13.4. The van der Waals surface area contributed by atoms with Gasteiger partial charge in [0.05, 0.1) is 24.5 Å². The lowest BCUT2D eigenvalue weighted by atomic mass is 9.84. The van der Waals surface area contributed by atoms with Crippen LogP contribution >= 0.6 is 0 Å². The molecule has 0 saturated carbocycles. The van der Waals surface area contributed by atoms with Crippen molar-refractivity contribution in [2.45, 2.75) is 12.3 Å². The zero-order valence-electron chi connectivity index (χ0n) is 18.7. The smallest absolute Gasteiger partial charge is 0.312 e. The van der Waals surface area contributed by atoms with Crippen LogP contribution in [0.15, 0.2) is 64.0 Å². The number of rotatable bonds is 3. The normalized spacial score (nSPS) is 16.5. The molecule has 35 heavy (non-hydrogen) atoms. The molecule has 0 radical (unpaired) electrons. The van der Waals surface area contributed by atoms with Crippen molar-refractivity contribution in [3.63, 3.8) is 0 Å². The average Bonchev–Trinajstić information content (AvgIpc) is 2.88. The zero-order valence-corrected chi connectivity index (χ0v) is 18.7. The van der Waals surface area contributed by atoms with Crippen LogP contribution in [-0.2, 0) is 4.79 Å². The average molecular weight is 472 g/mol. The third-order valence-electron chi connectivity index (χ3n) is 6.31. The van der Waals surface area contributed by atoms with E-state index in [1.807, 2.05) is 12.1 Å². The van der Waals surface area contributed by atoms with Gasteiger partial charge in [0.2, 0.25) is 11.2 Å². The number of esters is 1. The second-order valence-corrected chi connectivity index (χ2v) is 8.36. The lowest BCUT2D eigenvalue weighted by Crippen LogP contribution is -2.22. The van der Waals surface area contributed by atoms with E-state index in [2.05, 4.69) is 0 Å². The summed E-state index contributed by atoms with van der Waals surface area (Å²) >= 11 is 0. The highest BCUT2D eigenvalue weighted by Crippen LogP contribution is 2.48. The Morgan fingerprint density at radius 3 is 2.57 bits per heavy atom. The van der Waals surface area contributed by atoms with Crippen molar-refractivity contribution in [3.05, 3.63) is 76.1 Å². The molecule has 3 aromatic carbocycles. The van der Waals surface area contributed by atoms with Gasteiger partial charge in [-0.2, -0.15) is 0 Å². The first-order chi connectivity index (χ1) is 17.0. The fourth-order valence-electron chi connectivity index (χ4n) is 4.67. The number of carbonyl (C=O) groups excluding carboxylic acids is 1. The third-order valence-corrected chi connectivity index (χ3v) is 6.31. The van der Waals surface area contributed by atoms with Gasteiger partial charge in [0.25, 0.3) is 0 Å². The summed E-state index contributed by atoms with van der Waals surface area (Å²) in [5.74, 6) is 1.14. The van der Waals surface area contributed by atoms with Gasteiger partial charge in [-0.1, -0.05) is 12.1 Å². The molecule has 0 amide bonds. The van der Waals surface area contributed by atoms with E-state index in [-0.39, 0.29) is 17.6 Å².